The van der Waals surface area contributed by atoms with E-state index in [9.17, 15) is 0 Å². The Bertz CT molecular complexity index is 535. The van der Waals surface area contributed by atoms with Crippen molar-refractivity contribution < 1.29 is 13.4 Å². The maximum Gasteiger partial charge on any atom is 0.497 e. The van der Waals surface area contributed by atoms with Gasteiger partial charge in [0, 0.05) is 15.6 Å². The quantitative estimate of drug-likeness (QED) is 0.639. The highest BCUT2D eigenvalue weighted by Crippen LogP contribution is 2.37. The molecule has 0 amide bonds. The summed E-state index contributed by atoms with van der Waals surface area (Å²) in [6.45, 7) is 7.62. The predicted molar refractivity (Wildman–Crippen MR) is 74.3 cm³/mol. The van der Waals surface area contributed by atoms with E-state index < -0.39 is 18.3 Å². The summed E-state index contributed by atoms with van der Waals surface area (Å²) >= 11 is 3.19. The van der Waals surface area contributed by atoms with Crippen molar-refractivity contribution in [1.29, 1.82) is 0 Å². The van der Waals surface area contributed by atoms with Crippen LogP contribution in [0, 0.1) is 0 Å². The number of rotatable bonds is 1. The molecule has 0 spiro atoms. The van der Waals surface area contributed by atoms with Gasteiger partial charge in [-0.15, -0.1) is 0 Å². The van der Waals surface area contributed by atoms with Crippen LogP contribution in [0.15, 0.2) is 22.6 Å². The highest BCUT2D eigenvalue weighted by Gasteiger charge is 2.52. The summed E-state index contributed by atoms with van der Waals surface area (Å²) in [6, 6.07) is -0.433. The molecule has 2 N–H and O–H groups in total. The maximum absolute atomic E-state index is 8.03. The molecule has 0 saturated carbocycles. The third kappa shape index (κ3) is 2.12. The first-order valence-electron chi connectivity index (χ1n) is 6.90. The minimum atomic E-state index is -0.812. The summed E-state index contributed by atoms with van der Waals surface area (Å²) in [5, 5.41) is 0. The number of nitrogen functional groups attached to an aromatic ring is 1. The molecular formula is C12H17BBrNO2. The lowest BCUT2D eigenvalue weighted by Crippen LogP contribution is -2.41. The number of halogens is 1. The summed E-state index contributed by atoms with van der Waals surface area (Å²) in [4.78, 5) is 0. The Hall–Kier alpha value is -0.515. The van der Waals surface area contributed by atoms with Crippen molar-refractivity contribution in [2.24, 2.45) is 0 Å². The van der Waals surface area contributed by atoms with Crippen LogP contribution in [0.3, 0.4) is 0 Å². The average molecular weight is 301 g/mol. The molecule has 1 aromatic rings. The van der Waals surface area contributed by atoms with E-state index in [1.165, 1.54) is 0 Å². The van der Waals surface area contributed by atoms with Crippen LogP contribution in [-0.2, 0) is 9.31 Å². The molecule has 0 atom stereocenters. The Morgan fingerprint density at radius 1 is 1.24 bits per heavy atom. The molecule has 0 bridgehead atoms. The van der Waals surface area contributed by atoms with Crippen LogP contribution in [0.5, 0.6) is 0 Å². The number of anilines is 1. The SMILES string of the molecule is [2H]c1c([2H])c(Br)c(N)c(B2OC(C)(C)C(C)(C)O2)c1[2H]. The molecular weight excluding hydrogens is 281 g/mol. The number of benzene rings is 1. The first-order chi connectivity index (χ1) is 8.99. The minimum absolute atomic E-state index is 0.104. The average Bonchev–Trinajstić information content (AvgIpc) is 2.53. The first-order valence-corrected chi connectivity index (χ1v) is 6.19. The van der Waals surface area contributed by atoms with Gasteiger partial charge in [-0.1, -0.05) is 12.1 Å². The van der Waals surface area contributed by atoms with Gasteiger partial charge >= 0.3 is 7.12 Å². The van der Waals surface area contributed by atoms with Crippen LogP contribution in [0.2, 0.25) is 0 Å². The van der Waals surface area contributed by atoms with Crippen molar-refractivity contribution >= 4 is 34.2 Å². The van der Waals surface area contributed by atoms with Crippen molar-refractivity contribution in [2.75, 3.05) is 5.73 Å². The summed E-state index contributed by atoms with van der Waals surface area (Å²) in [7, 11) is -0.812. The Morgan fingerprint density at radius 2 is 1.76 bits per heavy atom. The summed E-state index contributed by atoms with van der Waals surface area (Å²) in [5.41, 5.74) is 5.40. The van der Waals surface area contributed by atoms with Crippen LogP contribution >= 0.6 is 15.9 Å². The number of hydrogen-bond donors (Lipinski definition) is 1. The standard InChI is InChI=1S/C12H17BBrNO2/c1-11(2)12(3,4)17-13(16-11)8-6-5-7-9(14)10(8)15/h5-7H,15H2,1-4H3/i5D,6D,7D. The molecule has 0 radical (unpaired) electrons. The maximum atomic E-state index is 8.03. The van der Waals surface area contributed by atoms with Gasteiger partial charge < -0.3 is 15.0 Å². The third-order valence-corrected chi connectivity index (χ3v) is 4.01. The molecule has 3 nitrogen and oxygen atoms in total. The molecule has 17 heavy (non-hydrogen) atoms. The van der Waals surface area contributed by atoms with Crippen LogP contribution < -0.4 is 11.2 Å². The van der Waals surface area contributed by atoms with Crippen LogP contribution in [0.25, 0.3) is 0 Å². The first kappa shape index (κ1) is 9.42. The molecule has 92 valence electrons. The molecule has 2 rings (SSSR count). The zero-order valence-electron chi connectivity index (χ0n) is 13.3. The summed E-state index contributed by atoms with van der Waals surface area (Å²) in [6.07, 6.45) is 0. The van der Waals surface area contributed by atoms with Crippen molar-refractivity contribution in [2.45, 2.75) is 38.9 Å². The van der Waals surface area contributed by atoms with Gasteiger partial charge in [0.05, 0.1) is 15.3 Å². The molecule has 1 aliphatic rings. The molecule has 1 aromatic carbocycles. The zero-order valence-corrected chi connectivity index (χ0v) is 11.9. The Kier molecular flexibility index (Phi) is 2.22. The van der Waals surface area contributed by atoms with E-state index in [4.69, 9.17) is 19.2 Å². The molecule has 1 fully saturated rings. The second-order valence-electron chi connectivity index (χ2n) is 5.10. The Morgan fingerprint density at radius 3 is 2.29 bits per heavy atom. The fourth-order valence-corrected chi connectivity index (χ4v) is 1.87. The van der Waals surface area contributed by atoms with Gasteiger partial charge in [0.15, 0.2) is 0 Å². The van der Waals surface area contributed by atoms with Crippen LogP contribution in [0.4, 0.5) is 5.69 Å². The van der Waals surface area contributed by atoms with Crippen molar-refractivity contribution in [3.63, 3.8) is 0 Å². The molecule has 0 unspecified atom stereocenters. The number of hydrogen-bond acceptors (Lipinski definition) is 3. The third-order valence-electron chi connectivity index (χ3n) is 3.39. The predicted octanol–water partition coefficient (Wildman–Crippen LogP) is 2.33. The van der Waals surface area contributed by atoms with Crippen LogP contribution in [-0.4, -0.2) is 18.3 Å². The minimum Gasteiger partial charge on any atom is -0.399 e. The molecule has 1 heterocycles. The van der Waals surface area contributed by atoms with Crippen molar-refractivity contribution in [3.8, 4) is 0 Å². The molecule has 5 heteroatoms. The number of nitrogens with two attached hydrogens (primary N) is 1. The van der Waals surface area contributed by atoms with E-state index in [2.05, 4.69) is 15.9 Å². The lowest BCUT2D eigenvalue weighted by Gasteiger charge is -2.32. The normalized spacial score (nSPS) is 24.3. The monoisotopic (exact) mass is 300 g/mol. The van der Waals surface area contributed by atoms with Crippen molar-refractivity contribution in [3.05, 3.63) is 22.6 Å². The van der Waals surface area contributed by atoms with Gasteiger partial charge in [-0.3, -0.25) is 0 Å². The van der Waals surface area contributed by atoms with Gasteiger partial charge in [-0.25, -0.2) is 0 Å². The zero-order chi connectivity index (χ0) is 15.5. The van der Waals surface area contributed by atoms with Gasteiger partial charge in [0.25, 0.3) is 0 Å². The molecule has 1 saturated heterocycles. The molecule has 0 aliphatic carbocycles. The summed E-state index contributed by atoms with van der Waals surface area (Å²) < 4.78 is 35.6. The number of para-hydroxylation sites is 1. The largest absolute Gasteiger partial charge is 0.497 e. The van der Waals surface area contributed by atoms with Gasteiger partial charge in [-0.05, 0) is 49.7 Å². The van der Waals surface area contributed by atoms with E-state index in [-0.39, 0.29) is 23.8 Å². The van der Waals surface area contributed by atoms with Gasteiger partial charge in [0.1, 0.15) is 0 Å². The summed E-state index contributed by atoms with van der Waals surface area (Å²) in [5.74, 6) is 0. The van der Waals surface area contributed by atoms with E-state index in [1.54, 1.807) is 0 Å². The lowest BCUT2D eigenvalue weighted by molar-refractivity contribution is 0.00578. The molecule has 1 aliphatic heterocycles. The van der Waals surface area contributed by atoms with Crippen molar-refractivity contribution in [1.82, 2.24) is 0 Å². The van der Waals surface area contributed by atoms with Crippen LogP contribution in [0.1, 0.15) is 31.8 Å². The second-order valence-corrected chi connectivity index (χ2v) is 5.90. The van der Waals surface area contributed by atoms with E-state index in [0.29, 0.717) is 9.94 Å². The Labute approximate surface area is 115 Å². The van der Waals surface area contributed by atoms with Gasteiger partial charge in [-0.2, -0.15) is 0 Å². The lowest BCUT2D eigenvalue weighted by atomic mass is 9.78. The smallest absolute Gasteiger partial charge is 0.399 e. The second kappa shape index (κ2) is 4.00. The topological polar surface area (TPSA) is 44.5 Å². The molecule has 0 aromatic heterocycles. The van der Waals surface area contributed by atoms with Gasteiger partial charge in [0.2, 0.25) is 0 Å². The fourth-order valence-electron chi connectivity index (χ4n) is 1.55. The Balaban J connectivity index is 2.57. The van der Waals surface area contributed by atoms with E-state index >= 15 is 0 Å². The highest BCUT2D eigenvalue weighted by molar-refractivity contribution is 9.10. The van der Waals surface area contributed by atoms with E-state index in [0.717, 1.165) is 0 Å². The van der Waals surface area contributed by atoms with E-state index in [1.807, 2.05) is 27.7 Å². The fraction of sp³-hybridized carbons (Fsp3) is 0.500. The highest BCUT2D eigenvalue weighted by atomic mass is 79.9.